The molecule has 0 unspecified atom stereocenters. The number of hydrogen-bond acceptors (Lipinski definition) is 2. The molecular weight excluding hydrogens is 296 g/mol. The van der Waals surface area contributed by atoms with Gasteiger partial charge in [0, 0.05) is 29.4 Å². The Bertz CT molecular complexity index is 663. The van der Waals surface area contributed by atoms with Gasteiger partial charge < -0.3 is 10.6 Å². The van der Waals surface area contributed by atoms with E-state index in [1.807, 2.05) is 19.1 Å². The summed E-state index contributed by atoms with van der Waals surface area (Å²) in [5, 5.41) is 6.80. The van der Waals surface area contributed by atoms with Crippen molar-refractivity contribution in [2.75, 3.05) is 17.2 Å². The number of halogens is 1. The lowest BCUT2D eigenvalue weighted by Gasteiger charge is -2.11. The van der Waals surface area contributed by atoms with E-state index in [2.05, 4.69) is 42.7 Å². The smallest absolute Gasteiger partial charge is 0.226 e. The summed E-state index contributed by atoms with van der Waals surface area (Å²) < 4.78 is 0. The Hall–Kier alpha value is -2.00. The topological polar surface area (TPSA) is 41.1 Å². The van der Waals surface area contributed by atoms with E-state index in [1.54, 1.807) is 6.07 Å². The number of rotatable bonds is 5. The molecule has 1 amide bonds. The first kappa shape index (κ1) is 16.4. The summed E-state index contributed by atoms with van der Waals surface area (Å²) in [5.41, 5.74) is 5.23. The molecule has 116 valence electrons. The molecule has 0 aliphatic rings. The van der Waals surface area contributed by atoms with Crippen LogP contribution in [0.25, 0.3) is 0 Å². The van der Waals surface area contributed by atoms with Crippen molar-refractivity contribution in [1.29, 1.82) is 0 Å². The van der Waals surface area contributed by atoms with Crippen molar-refractivity contribution in [3.63, 3.8) is 0 Å². The number of benzene rings is 2. The van der Waals surface area contributed by atoms with Crippen LogP contribution in [0.3, 0.4) is 0 Å². The van der Waals surface area contributed by atoms with Crippen LogP contribution >= 0.6 is 11.6 Å². The fourth-order valence-electron chi connectivity index (χ4n) is 2.34. The van der Waals surface area contributed by atoms with Crippen LogP contribution in [0.1, 0.15) is 23.1 Å². The van der Waals surface area contributed by atoms with Crippen molar-refractivity contribution in [2.45, 2.75) is 27.2 Å². The third-order valence-corrected chi connectivity index (χ3v) is 3.61. The number of amides is 1. The Balaban J connectivity index is 1.86. The summed E-state index contributed by atoms with van der Waals surface area (Å²) in [6, 6.07) is 11.8. The molecule has 0 fully saturated rings. The SMILES string of the molecule is Cc1cc(C)cc(NCCC(=O)Nc2cc(Cl)ccc2C)c1. The van der Waals surface area contributed by atoms with Gasteiger partial charge in [0.2, 0.25) is 5.91 Å². The fraction of sp³-hybridized carbons (Fsp3) is 0.278. The van der Waals surface area contributed by atoms with Gasteiger partial charge in [-0.15, -0.1) is 0 Å². The Morgan fingerprint density at radius 2 is 1.73 bits per heavy atom. The normalized spacial score (nSPS) is 10.4. The largest absolute Gasteiger partial charge is 0.385 e. The number of hydrogen-bond donors (Lipinski definition) is 2. The quantitative estimate of drug-likeness (QED) is 0.839. The van der Waals surface area contributed by atoms with Crippen molar-refractivity contribution >= 4 is 28.9 Å². The Labute approximate surface area is 136 Å². The lowest BCUT2D eigenvalue weighted by molar-refractivity contribution is -0.115. The molecule has 2 aromatic rings. The predicted octanol–water partition coefficient (Wildman–Crippen LogP) is 4.71. The Kier molecular flexibility index (Phi) is 5.45. The van der Waals surface area contributed by atoms with E-state index in [-0.39, 0.29) is 5.91 Å². The molecule has 0 heterocycles. The third-order valence-electron chi connectivity index (χ3n) is 3.38. The van der Waals surface area contributed by atoms with Crippen molar-refractivity contribution in [3.05, 3.63) is 58.1 Å². The maximum atomic E-state index is 12.0. The zero-order valence-corrected chi connectivity index (χ0v) is 13.9. The van der Waals surface area contributed by atoms with Gasteiger partial charge in [0.05, 0.1) is 0 Å². The van der Waals surface area contributed by atoms with E-state index in [4.69, 9.17) is 11.6 Å². The van der Waals surface area contributed by atoms with E-state index < -0.39 is 0 Å². The van der Waals surface area contributed by atoms with Gasteiger partial charge >= 0.3 is 0 Å². The van der Waals surface area contributed by atoms with Gasteiger partial charge in [-0.25, -0.2) is 0 Å². The van der Waals surface area contributed by atoms with Crippen LogP contribution < -0.4 is 10.6 Å². The minimum absolute atomic E-state index is 0.0257. The minimum atomic E-state index is -0.0257. The van der Waals surface area contributed by atoms with E-state index in [0.29, 0.717) is 18.0 Å². The molecule has 0 aliphatic heterocycles. The molecule has 0 saturated carbocycles. The van der Waals surface area contributed by atoms with Gasteiger partial charge in [0.15, 0.2) is 0 Å². The van der Waals surface area contributed by atoms with Gasteiger partial charge in [-0.3, -0.25) is 4.79 Å². The summed E-state index contributed by atoms with van der Waals surface area (Å²) in [6.07, 6.45) is 0.402. The standard InChI is InChI=1S/C18H21ClN2O/c1-12-8-13(2)10-16(9-12)20-7-6-18(22)21-17-11-15(19)5-4-14(17)3/h4-5,8-11,20H,6-7H2,1-3H3,(H,21,22). The molecular formula is C18H21ClN2O. The van der Waals surface area contributed by atoms with E-state index >= 15 is 0 Å². The first-order valence-corrected chi connectivity index (χ1v) is 7.70. The van der Waals surface area contributed by atoms with Gasteiger partial charge in [0.25, 0.3) is 0 Å². The van der Waals surface area contributed by atoms with Crippen LogP contribution in [-0.2, 0) is 4.79 Å². The molecule has 0 aromatic heterocycles. The molecule has 0 aliphatic carbocycles. The van der Waals surface area contributed by atoms with Gasteiger partial charge in [0.1, 0.15) is 0 Å². The number of carbonyl (C=O) groups excluding carboxylic acids is 1. The molecule has 2 N–H and O–H groups in total. The highest BCUT2D eigenvalue weighted by Crippen LogP contribution is 2.20. The molecule has 2 aromatic carbocycles. The Morgan fingerprint density at radius 1 is 1.05 bits per heavy atom. The highest BCUT2D eigenvalue weighted by Gasteiger charge is 2.05. The Morgan fingerprint density at radius 3 is 2.41 bits per heavy atom. The zero-order valence-electron chi connectivity index (χ0n) is 13.2. The fourth-order valence-corrected chi connectivity index (χ4v) is 2.51. The highest BCUT2D eigenvalue weighted by molar-refractivity contribution is 6.31. The molecule has 0 spiro atoms. The lowest BCUT2D eigenvalue weighted by atomic mass is 10.1. The lowest BCUT2D eigenvalue weighted by Crippen LogP contribution is -2.16. The van der Waals surface area contributed by atoms with Crippen molar-refractivity contribution in [3.8, 4) is 0 Å². The first-order chi connectivity index (χ1) is 10.4. The summed E-state index contributed by atoms with van der Waals surface area (Å²) in [6.45, 7) is 6.66. The van der Waals surface area contributed by atoms with Crippen LogP contribution in [-0.4, -0.2) is 12.5 Å². The number of nitrogens with one attached hydrogen (secondary N) is 2. The summed E-state index contributed by atoms with van der Waals surface area (Å²) in [4.78, 5) is 12.0. The number of carbonyl (C=O) groups is 1. The van der Waals surface area contributed by atoms with E-state index in [9.17, 15) is 4.79 Å². The average Bonchev–Trinajstić information content (AvgIpc) is 2.42. The van der Waals surface area contributed by atoms with Gasteiger partial charge in [-0.1, -0.05) is 23.7 Å². The first-order valence-electron chi connectivity index (χ1n) is 7.32. The summed E-state index contributed by atoms with van der Waals surface area (Å²) >= 11 is 5.95. The molecule has 2 rings (SSSR count). The second-order valence-electron chi connectivity index (χ2n) is 5.56. The van der Waals surface area contributed by atoms with Crippen molar-refractivity contribution < 1.29 is 4.79 Å². The van der Waals surface area contributed by atoms with E-state index in [0.717, 1.165) is 16.9 Å². The van der Waals surface area contributed by atoms with Crippen LogP contribution in [0.15, 0.2) is 36.4 Å². The molecule has 0 saturated heterocycles. The van der Waals surface area contributed by atoms with Crippen LogP contribution in [0.5, 0.6) is 0 Å². The number of aryl methyl sites for hydroxylation is 3. The molecule has 3 nitrogen and oxygen atoms in total. The molecule has 0 atom stereocenters. The molecule has 0 radical (unpaired) electrons. The monoisotopic (exact) mass is 316 g/mol. The molecule has 4 heteroatoms. The van der Waals surface area contributed by atoms with Gasteiger partial charge in [-0.05, 0) is 61.7 Å². The molecule has 22 heavy (non-hydrogen) atoms. The summed E-state index contributed by atoms with van der Waals surface area (Å²) in [5.74, 6) is -0.0257. The zero-order chi connectivity index (χ0) is 16.1. The summed E-state index contributed by atoms with van der Waals surface area (Å²) in [7, 11) is 0. The third kappa shape index (κ3) is 4.78. The van der Waals surface area contributed by atoms with Crippen molar-refractivity contribution in [2.24, 2.45) is 0 Å². The van der Waals surface area contributed by atoms with Crippen LogP contribution in [0, 0.1) is 20.8 Å². The minimum Gasteiger partial charge on any atom is -0.385 e. The average molecular weight is 317 g/mol. The van der Waals surface area contributed by atoms with E-state index in [1.165, 1.54) is 11.1 Å². The van der Waals surface area contributed by atoms with Crippen LogP contribution in [0.2, 0.25) is 5.02 Å². The van der Waals surface area contributed by atoms with Crippen molar-refractivity contribution in [1.82, 2.24) is 0 Å². The van der Waals surface area contributed by atoms with Crippen LogP contribution in [0.4, 0.5) is 11.4 Å². The maximum absolute atomic E-state index is 12.0. The van der Waals surface area contributed by atoms with Gasteiger partial charge in [-0.2, -0.15) is 0 Å². The second kappa shape index (κ2) is 7.32. The second-order valence-corrected chi connectivity index (χ2v) is 6.00. The maximum Gasteiger partial charge on any atom is 0.226 e. The number of anilines is 2. The molecule has 0 bridgehead atoms. The highest BCUT2D eigenvalue weighted by atomic mass is 35.5. The predicted molar refractivity (Wildman–Crippen MR) is 93.8 cm³/mol.